The summed E-state index contributed by atoms with van der Waals surface area (Å²) in [6.45, 7) is 5.65. The first-order valence-electron chi connectivity index (χ1n) is 6.37. The van der Waals surface area contributed by atoms with Gasteiger partial charge in [0.2, 0.25) is 5.91 Å². The van der Waals surface area contributed by atoms with Crippen molar-refractivity contribution in [2.45, 2.75) is 39.3 Å². The summed E-state index contributed by atoms with van der Waals surface area (Å²) in [5.41, 5.74) is 1.61. The summed E-state index contributed by atoms with van der Waals surface area (Å²) in [6.07, 6.45) is 1.87. The van der Waals surface area contributed by atoms with Gasteiger partial charge in [-0.2, -0.15) is 5.10 Å². The molecule has 2 atom stereocenters. The van der Waals surface area contributed by atoms with Crippen molar-refractivity contribution in [1.29, 1.82) is 0 Å². The molecule has 1 aromatic heterocycles. The Labute approximate surface area is 112 Å². The highest BCUT2D eigenvalue weighted by Crippen LogP contribution is 2.40. The summed E-state index contributed by atoms with van der Waals surface area (Å²) in [4.78, 5) is 25.1. The molecule has 1 saturated heterocycles. The number of aromatic nitrogens is 2. The van der Waals surface area contributed by atoms with Crippen molar-refractivity contribution in [3.05, 3.63) is 17.5 Å². The average Bonchev–Trinajstić information content (AvgIpc) is 2.78. The van der Waals surface area contributed by atoms with E-state index in [1.807, 2.05) is 27.0 Å². The molecule has 1 aliphatic heterocycles. The van der Waals surface area contributed by atoms with Crippen LogP contribution in [0.1, 0.15) is 37.6 Å². The molecule has 0 aromatic carbocycles. The minimum absolute atomic E-state index is 0.0264. The second kappa shape index (κ2) is 4.68. The van der Waals surface area contributed by atoms with Crippen molar-refractivity contribution in [3.8, 4) is 0 Å². The number of nitrogens with zero attached hydrogens (tertiary/aromatic N) is 3. The van der Waals surface area contributed by atoms with Gasteiger partial charge < -0.3 is 10.0 Å². The quantitative estimate of drug-likeness (QED) is 0.888. The lowest BCUT2D eigenvalue weighted by molar-refractivity contribution is -0.142. The highest BCUT2D eigenvalue weighted by atomic mass is 16.4. The van der Waals surface area contributed by atoms with Crippen LogP contribution in [-0.4, -0.2) is 37.7 Å². The van der Waals surface area contributed by atoms with Crippen LogP contribution in [0.3, 0.4) is 0 Å². The van der Waals surface area contributed by atoms with Crippen molar-refractivity contribution in [1.82, 2.24) is 14.7 Å². The maximum Gasteiger partial charge on any atom is 0.309 e. The Kier molecular flexibility index (Phi) is 3.34. The zero-order valence-corrected chi connectivity index (χ0v) is 11.6. The van der Waals surface area contributed by atoms with Crippen LogP contribution in [0.2, 0.25) is 0 Å². The van der Waals surface area contributed by atoms with Crippen LogP contribution in [0, 0.1) is 12.8 Å². The Balaban J connectivity index is 2.49. The van der Waals surface area contributed by atoms with Gasteiger partial charge in [-0.05, 0) is 20.8 Å². The number of carboxylic acids is 1. The number of likely N-dealkylation sites (tertiary alicyclic amines) is 1. The predicted molar refractivity (Wildman–Crippen MR) is 68.4 cm³/mol. The van der Waals surface area contributed by atoms with Gasteiger partial charge in [-0.15, -0.1) is 0 Å². The largest absolute Gasteiger partial charge is 0.481 e. The van der Waals surface area contributed by atoms with Crippen molar-refractivity contribution >= 4 is 11.9 Å². The predicted octanol–water partition coefficient (Wildman–Crippen LogP) is 1.11. The van der Waals surface area contributed by atoms with Gasteiger partial charge in [0.05, 0.1) is 17.7 Å². The van der Waals surface area contributed by atoms with Gasteiger partial charge in [0.1, 0.15) is 0 Å². The van der Waals surface area contributed by atoms with Gasteiger partial charge in [0.25, 0.3) is 0 Å². The molecule has 2 heterocycles. The summed E-state index contributed by atoms with van der Waals surface area (Å²) < 4.78 is 1.66. The fraction of sp³-hybridized carbons (Fsp3) is 0.615. The number of carbonyl (C=O) groups excluding carboxylic acids is 1. The molecule has 104 valence electrons. The number of hydrogen-bond donors (Lipinski definition) is 1. The van der Waals surface area contributed by atoms with Crippen LogP contribution in [0.15, 0.2) is 6.20 Å². The molecule has 2 unspecified atom stereocenters. The molecule has 0 spiro atoms. The molecule has 0 radical (unpaired) electrons. The van der Waals surface area contributed by atoms with Crippen LogP contribution < -0.4 is 0 Å². The zero-order chi connectivity index (χ0) is 14.3. The Morgan fingerprint density at radius 2 is 2.16 bits per heavy atom. The van der Waals surface area contributed by atoms with Gasteiger partial charge in [0.15, 0.2) is 0 Å². The van der Waals surface area contributed by atoms with E-state index in [0.29, 0.717) is 0 Å². The van der Waals surface area contributed by atoms with E-state index in [0.717, 1.165) is 11.3 Å². The lowest BCUT2D eigenvalue weighted by Crippen LogP contribution is -2.36. The van der Waals surface area contributed by atoms with Crippen molar-refractivity contribution in [3.63, 3.8) is 0 Å². The molecular weight excluding hydrogens is 246 g/mol. The minimum Gasteiger partial charge on any atom is -0.481 e. The molecule has 2 rings (SSSR count). The second-order valence-corrected chi connectivity index (χ2v) is 5.33. The van der Waals surface area contributed by atoms with Gasteiger partial charge in [-0.25, -0.2) is 0 Å². The topological polar surface area (TPSA) is 75.4 Å². The molecule has 1 fully saturated rings. The normalized spacial score (nSPS) is 23.4. The Morgan fingerprint density at radius 3 is 2.58 bits per heavy atom. The molecule has 0 bridgehead atoms. The van der Waals surface area contributed by atoms with E-state index in [2.05, 4.69) is 5.10 Å². The molecule has 19 heavy (non-hydrogen) atoms. The van der Waals surface area contributed by atoms with E-state index in [4.69, 9.17) is 0 Å². The number of rotatable bonds is 3. The maximum atomic E-state index is 12.1. The highest BCUT2D eigenvalue weighted by Gasteiger charge is 2.46. The summed E-state index contributed by atoms with van der Waals surface area (Å²) in [7, 11) is 1.79. The Bertz CT molecular complexity index is 521. The van der Waals surface area contributed by atoms with E-state index in [-0.39, 0.29) is 18.4 Å². The van der Waals surface area contributed by atoms with Crippen molar-refractivity contribution < 1.29 is 14.7 Å². The fourth-order valence-electron chi connectivity index (χ4n) is 2.86. The van der Waals surface area contributed by atoms with Crippen molar-refractivity contribution in [2.24, 2.45) is 13.0 Å². The molecule has 1 aliphatic rings. The maximum absolute atomic E-state index is 12.1. The SMILES string of the molecule is Cc1nn(C)cc1C1C(C(=O)O)CC(=O)N1C(C)C. The smallest absolute Gasteiger partial charge is 0.309 e. The molecular formula is C13H19N3O3. The third kappa shape index (κ3) is 2.22. The molecule has 1 aromatic rings. The first kappa shape index (κ1) is 13.6. The summed E-state index contributed by atoms with van der Waals surface area (Å²) >= 11 is 0. The number of hydrogen-bond acceptors (Lipinski definition) is 3. The van der Waals surface area contributed by atoms with Crippen LogP contribution in [0.4, 0.5) is 0 Å². The lowest BCUT2D eigenvalue weighted by atomic mass is 9.94. The second-order valence-electron chi connectivity index (χ2n) is 5.33. The summed E-state index contributed by atoms with van der Waals surface area (Å²) in [5, 5.41) is 13.6. The van der Waals surface area contributed by atoms with Gasteiger partial charge in [-0.1, -0.05) is 0 Å². The monoisotopic (exact) mass is 265 g/mol. The first-order valence-corrected chi connectivity index (χ1v) is 6.37. The van der Waals surface area contributed by atoms with E-state index < -0.39 is 17.9 Å². The molecule has 0 saturated carbocycles. The number of aryl methyl sites for hydroxylation is 2. The molecule has 1 N–H and O–H groups in total. The Hall–Kier alpha value is -1.85. The minimum atomic E-state index is -0.926. The molecule has 6 nitrogen and oxygen atoms in total. The lowest BCUT2D eigenvalue weighted by Gasteiger charge is -2.30. The number of carbonyl (C=O) groups is 2. The molecule has 0 aliphatic carbocycles. The standard InChI is InChI=1S/C13H19N3O3/c1-7(2)16-11(17)5-9(13(18)19)12(16)10-6-15(4)14-8(10)3/h6-7,9,12H,5H2,1-4H3,(H,18,19). The van der Waals surface area contributed by atoms with E-state index in [1.54, 1.807) is 16.6 Å². The molecule has 6 heteroatoms. The summed E-state index contributed by atoms with van der Waals surface area (Å²) in [5.74, 6) is -1.72. The van der Waals surface area contributed by atoms with Gasteiger partial charge in [0, 0.05) is 31.3 Å². The molecule has 1 amide bonds. The third-order valence-electron chi connectivity index (χ3n) is 3.61. The van der Waals surface area contributed by atoms with E-state index in [1.165, 1.54) is 0 Å². The van der Waals surface area contributed by atoms with E-state index in [9.17, 15) is 14.7 Å². The van der Waals surface area contributed by atoms with Gasteiger partial charge in [-0.3, -0.25) is 14.3 Å². The Morgan fingerprint density at radius 1 is 1.53 bits per heavy atom. The van der Waals surface area contributed by atoms with E-state index >= 15 is 0 Å². The van der Waals surface area contributed by atoms with Crippen LogP contribution in [0.5, 0.6) is 0 Å². The number of aliphatic carboxylic acids is 1. The third-order valence-corrected chi connectivity index (χ3v) is 3.61. The van der Waals surface area contributed by atoms with Crippen LogP contribution in [-0.2, 0) is 16.6 Å². The summed E-state index contributed by atoms with van der Waals surface area (Å²) in [6, 6.07) is -0.444. The van der Waals surface area contributed by atoms with Crippen LogP contribution in [0.25, 0.3) is 0 Å². The average molecular weight is 265 g/mol. The highest BCUT2D eigenvalue weighted by molar-refractivity contribution is 5.87. The zero-order valence-electron chi connectivity index (χ0n) is 11.6. The first-order chi connectivity index (χ1) is 8.82. The number of carboxylic acid groups (broad SMARTS) is 1. The van der Waals surface area contributed by atoms with Gasteiger partial charge >= 0.3 is 5.97 Å². The fourth-order valence-corrected chi connectivity index (χ4v) is 2.86. The van der Waals surface area contributed by atoms with Crippen molar-refractivity contribution in [2.75, 3.05) is 0 Å². The number of amides is 1. The van der Waals surface area contributed by atoms with Crippen LogP contribution >= 0.6 is 0 Å².